The van der Waals surface area contributed by atoms with Gasteiger partial charge in [-0.1, -0.05) is 13.8 Å². The summed E-state index contributed by atoms with van der Waals surface area (Å²) in [5.74, 6) is 0.191. The largest absolute Gasteiger partial charge is 0.490 e. The number of hydrogen-bond donors (Lipinski definition) is 1. The van der Waals surface area contributed by atoms with Crippen molar-refractivity contribution < 1.29 is 24.1 Å². The van der Waals surface area contributed by atoms with Gasteiger partial charge in [0, 0.05) is 0 Å². The molecule has 0 heterocycles. The zero-order valence-electron chi connectivity index (χ0n) is 13.3. The summed E-state index contributed by atoms with van der Waals surface area (Å²) in [4.78, 5) is 11.3. The van der Waals surface area contributed by atoms with Gasteiger partial charge in [-0.2, -0.15) is 0 Å². The van der Waals surface area contributed by atoms with Crippen molar-refractivity contribution in [2.45, 2.75) is 52.7 Å². The number of carboxylic acids is 1. The van der Waals surface area contributed by atoms with E-state index in [0.717, 1.165) is 12.8 Å². The molecule has 0 aliphatic rings. The Bertz CT molecular complexity index is 451. The molecule has 0 saturated carbocycles. The highest BCUT2D eigenvalue weighted by atomic mass is 16.5. The van der Waals surface area contributed by atoms with Crippen molar-refractivity contribution in [3.05, 3.63) is 17.7 Å². The Morgan fingerprint density at radius 2 is 1.52 bits per heavy atom. The average Bonchev–Trinajstić information content (AvgIpc) is 2.46. The van der Waals surface area contributed by atoms with Crippen LogP contribution >= 0.6 is 0 Å². The minimum absolute atomic E-state index is 0.0422. The Labute approximate surface area is 125 Å². The van der Waals surface area contributed by atoms with Crippen molar-refractivity contribution in [3.8, 4) is 17.2 Å². The number of benzene rings is 1. The molecule has 118 valence electrons. The van der Waals surface area contributed by atoms with Gasteiger partial charge in [0.2, 0.25) is 5.75 Å². The Balaban J connectivity index is 3.28. The fraction of sp³-hybridized carbons (Fsp3) is 0.562. The molecule has 1 rings (SSSR count). The van der Waals surface area contributed by atoms with Crippen molar-refractivity contribution in [1.82, 2.24) is 0 Å². The predicted molar refractivity (Wildman–Crippen MR) is 80.7 cm³/mol. The predicted octanol–water partition coefficient (Wildman–Crippen LogP) is 3.75. The van der Waals surface area contributed by atoms with Crippen molar-refractivity contribution in [3.63, 3.8) is 0 Å². The van der Waals surface area contributed by atoms with E-state index >= 15 is 0 Å². The van der Waals surface area contributed by atoms with Crippen molar-refractivity contribution in [2.24, 2.45) is 0 Å². The first-order valence-corrected chi connectivity index (χ1v) is 7.21. The van der Waals surface area contributed by atoms with Gasteiger partial charge in [0.15, 0.2) is 11.5 Å². The van der Waals surface area contributed by atoms with Crippen LogP contribution < -0.4 is 14.2 Å². The minimum atomic E-state index is -1.03. The molecule has 21 heavy (non-hydrogen) atoms. The molecular weight excluding hydrogens is 272 g/mol. The molecule has 0 spiro atoms. The molecular formula is C16H24O5. The number of hydrogen-bond acceptors (Lipinski definition) is 4. The first-order valence-electron chi connectivity index (χ1n) is 7.21. The molecule has 5 heteroatoms. The SMILES string of the molecule is CCC(C)Oc1cc(C(=O)O)cc(OC(C)CC)c1OC. The van der Waals surface area contributed by atoms with Crippen LogP contribution in [-0.2, 0) is 0 Å². The highest BCUT2D eigenvalue weighted by Gasteiger charge is 2.20. The van der Waals surface area contributed by atoms with Gasteiger partial charge in [0.05, 0.1) is 24.9 Å². The first-order chi connectivity index (χ1) is 9.92. The van der Waals surface area contributed by atoms with E-state index in [4.69, 9.17) is 14.2 Å². The number of aromatic carboxylic acids is 1. The third kappa shape index (κ3) is 4.55. The molecule has 0 radical (unpaired) electrons. The summed E-state index contributed by atoms with van der Waals surface area (Å²) < 4.78 is 16.9. The van der Waals surface area contributed by atoms with Gasteiger partial charge in [-0.3, -0.25) is 0 Å². The number of rotatable bonds is 8. The second-order valence-electron chi connectivity index (χ2n) is 4.98. The molecule has 0 aromatic heterocycles. The normalized spacial score (nSPS) is 13.4. The van der Waals surface area contributed by atoms with E-state index in [1.165, 1.54) is 19.2 Å². The van der Waals surface area contributed by atoms with Crippen molar-refractivity contribution in [1.29, 1.82) is 0 Å². The van der Waals surface area contributed by atoms with Gasteiger partial charge in [-0.25, -0.2) is 4.79 Å². The minimum Gasteiger partial charge on any atom is -0.490 e. The van der Waals surface area contributed by atoms with E-state index in [1.54, 1.807) is 0 Å². The monoisotopic (exact) mass is 296 g/mol. The second kappa shape index (κ2) is 7.76. The molecule has 0 aliphatic heterocycles. The summed E-state index contributed by atoms with van der Waals surface area (Å²) in [7, 11) is 1.52. The van der Waals surface area contributed by atoms with Crippen LogP contribution in [0.25, 0.3) is 0 Å². The summed E-state index contributed by atoms with van der Waals surface area (Å²) in [6.07, 6.45) is 1.53. The summed E-state index contributed by atoms with van der Waals surface area (Å²) in [6.45, 7) is 7.83. The van der Waals surface area contributed by atoms with Crippen molar-refractivity contribution >= 4 is 5.97 Å². The van der Waals surface area contributed by atoms with E-state index in [1.807, 2.05) is 27.7 Å². The standard InChI is InChI=1S/C16H24O5/c1-6-10(3)20-13-8-12(16(17)18)9-14(15(13)19-5)21-11(4)7-2/h8-11H,6-7H2,1-5H3,(H,17,18). The fourth-order valence-electron chi connectivity index (χ4n) is 1.68. The van der Waals surface area contributed by atoms with Crippen LogP contribution in [-0.4, -0.2) is 30.4 Å². The lowest BCUT2D eigenvalue weighted by Gasteiger charge is -2.20. The van der Waals surface area contributed by atoms with Crippen LogP contribution in [0.2, 0.25) is 0 Å². The van der Waals surface area contributed by atoms with Crippen LogP contribution in [0.4, 0.5) is 0 Å². The van der Waals surface area contributed by atoms with Gasteiger partial charge < -0.3 is 19.3 Å². The maximum Gasteiger partial charge on any atom is 0.335 e. The molecule has 0 amide bonds. The lowest BCUT2D eigenvalue weighted by atomic mass is 10.1. The summed E-state index contributed by atoms with van der Waals surface area (Å²) >= 11 is 0. The van der Waals surface area contributed by atoms with Crippen LogP contribution in [0.1, 0.15) is 50.9 Å². The van der Waals surface area contributed by atoms with E-state index < -0.39 is 5.97 Å². The summed E-state index contributed by atoms with van der Waals surface area (Å²) in [5.41, 5.74) is 0.118. The number of carbonyl (C=O) groups is 1. The molecule has 1 aromatic carbocycles. The third-order valence-corrected chi connectivity index (χ3v) is 3.28. The van der Waals surface area contributed by atoms with Gasteiger partial charge in [-0.05, 0) is 38.8 Å². The van der Waals surface area contributed by atoms with Crippen LogP contribution in [0, 0.1) is 0 Å². The van der Waals surface area contributed by atoms with Crippen molar-refractivity contribution in [2.75, 3.05) is 7.11 Å². The molecule has 0 fully saturated rings. The lowest BCUT2D eigenvalue weighted by molar-refractivity contribution is 0.0694. The Hall–Kier alpha value is -1.91. The third-order valence-electron chi connectivity index (χ3n) is 3.28. The molecule has 5 nitrogen and oxygen atoms in total. The van der Waals surface area contributed by atoms with E-state index in [9.17, 15) is 9.90 Å². The highest BCUT2D eigenvalue weighted by molar-refractivity contribution is 5.89. The summed E-state index contributed by atoms with van der Waals surface area (Å²) in [5, 5.41) is 9.23. The highest BCUT2D eigenvalue weighted by Crippen LogP contribution is 2.40. The molecule has 0 bridgehead atoms. The van der Waals surface area contributed by atoms with Crippen LogP contribution in [0.5, 0.6) is 17.2 Å². The zero-order chi connectivity index (χ0) is 16.0. The van der Waals surface area contributed by atoms with E-state index in [2.05, 4.69) is 0 Å². The number of methoxy groups -OCH3 is 1. The molecule has 1 aromatic rings. The molecule has 0 aliphatic carbocycles. The second-order valence-corrected chi connectivity index (χ2v) is 4.98. The van der Waals surface area contributed by atoms with E-state index in [-0.39, 0.29) is 17.8 Å². The molecule has 2 unspecified atom stereocenters. The Morgan fingerprint density at radius 1 is 1.10 bits per heavy atom. The molecule has 1 N–H and O–H groups in total. The van der Waals surface area contributed by atoms with Gasteiger partial charge in [0.1, 0.15) is 0 Å². The van der Waals surface area contributed by atoms with Gasteiger partial charge in [-0.15, -0.1) is 0 Å². The molecule has 0 saturated heterocycles. The first kappa shape index (κ1) is 17.1. The summed E-state index contributed by atoms with van der Waals surface area (Å²) in [6, 6.07) is 2.94. The quantitative estimate of drug-likeness (QED) is 0.791. The maximum absolute atomic E-state index is 11.3. The zero-order valence-corrected chi connectivity index (χ0v) is 13.3. The number of ether oxygens (including phenoxy) is 3. The number of carboxylic acid groups (broad SMARTS) is 1. The smallest absolute Gasteiger partial charge is 0.335 e. The maximum atomic E-state index is 11.3. The van der Waals surface area contributed by atoms with Gasteiger partial charge in [0.25, 0.3) is 0 Å². The van der Waals surface area contributed by atoms with Crippen LogP contribution in [0.3, 0.4) is 0 Å². The topological polar surface area (TPSA) is 65.0 Å². The van der Waals surface area contributed by atoms with E-state index in [0.29, 0.717) is 17.2 Å². The average molecular weight is 296 g/mol. The molecule has 2 atom stereocenters. The Kier molecular flexibility index (Phi) is 6.34. The van der Waals surface area contributed by atoms with Crippen LogP contribution in [0.15, 0.2) is 12.1 Å². The van der Waals surface area contributed by atoms with Gasteiger partial charge >= 0.3 is 5.97 Å². The Morgan fingerprint density at radius 3 is 1.81 bits per heavy atom. The fourth-order valence-corrected chi connectivity index (χ4v) is 1.68. The lowest BCUT2D eigenvalue weighted by Crippen LogP contribution is -2.14.